The van der Waals surface area contributed by atoms with E-state index >= 15 is 0 Å². The highest BCUT2D eigenvalue weighted by Gasteiger charge is 2.24. The van der Waals surface area contributed by atoms with Crippen molar-refractivity contribution in [2.45, 2.75) is 12.5 Å². The van der Waals surface area contributed by atoms with Crippen LogP contribution in [0.1, 0.15) is 16.7 Å². The molecule has 2 aliphatic heterocycles. The molecule has 4 rings (SSSR count). The van der Waals surface area contributed by atoms with Gasteiger partial charge in [0, 0.05) is 43.9 Å². The van der Waals surface area contributed by atoms with Crippen LogP contribution in [0.25, 0.3) is 0 Å². The summed E-state index contributed by atoms with van der Waals surface area (Å²) in [5.74, 6) is 0. The predicted octanol–water partition coefficient (Wildman–Crippen LogP) is 1.87. The molecule has 4 heteroatoms. The van der Waals surface area contributed by atoms with E-state index in [4.69, 9.17) is 4.99 Å². The van der Waals surface area contributed by atoms with E-state index in [1.54, 1.807) is 0 Å². The Bertz CT molecular complexity index is 721. The Balaban J connectivity index is 0.00000182. The summed E-state index contributed by atoms with van der Waals surface area (Å²) in [5, 5.41) is 0. The van der Waals surface area contributed by atoms with Crippen LogP contribution in [0.15, 0.2) is 59.6 Å². The van der Waals surface area contributed by atoms with Crippen LogP contribution < -0.4 is 0 Å². The largest absolute Gasteiger partial charge is 0.412 e. The molecule has 2 aliphatic rings. The highest BCUT2D eigenvalue weighted by molar-refractivity contribution is 6.14. The molecule has 2 aromatic carbocycles. The fraction of sp³-hybridized carbons (Fsp3) is 0.381. The van der Waals surface area contributed by atoms with Crippen LogP contribution >= 0.6 is 0 Å². The number of hydrogen-bond donors (Lipinski definition) is 0. The lowest BCUT2D eigenvalue weighted by molar-refractivity contribution is 0.147. The summed E-state index contributed by atoms with van der Waals surface area (Å²) in [6.45, 7) is 5.71. The summed E-state index contributed by atoms with van der Waals surface area (Å²) >= 11 is 0. The van der Waals surface area contributed by atoms with Gasteiger partial charge in [-0.2, -0.15) is 0 Å². The van der Waals surface area contributed by atoms with Crippen molar-refractivity contribution in [1.82, 2.24) is 9.80 Å². The molecule has 25 heavy (non-hydrogen) atoms. The van der Waals surface area contributed by atoms with Crippen LogP contribution in [0.3, 0.4) is 0 Å². The lowest BCUT2D eigenvalue weighted by Crippen LogP contribution is -2.47. The zero-order valence-corrected chi connectivity index (χ0v) is 14.9. The number of aliphatic imine (C=N–C) groups is 1. The number of piperazine rings is 1. The van der Waals surface area contributed by atoms with E-state index < -0.39 is 0 Å². The van der Waals surface area contributed by atoms with E-state index in [-0.39, 0.29) is 5.48 Å². The van der Waals surface area contributed by atoms with Crippen LogP contribution in [-0.4, -0.2) is 66.8 Å². The van der Waals surface area contributed by atoms with Crippen molar-refractivity contribution in [3.63, 3.8) is 0 Å². The first-order valence-corrected chi connectivity index (χ1v) is 8.92. The molecular formula is C21H27N3O. The third-order valence-corrected chi connectivity index (χ3v) is 5.15. The zero-order valence-electron chi connectivity index (χ0n) is 14.9. The molecule has 4 nitrogen and oxygen atoms in total. The Morgan fingerprint density at radius 1 is 0.920 bits per heavy atom. The third-order valence-electron chi connectivity index (χ3n) is 5.15. The van der Waals surface area contributed by atoms with Crippen molar-refractivity contribution >= 4 is 5.71 Å². The number of hydrogen-bond acceptors (Lipinski definition) is 3. The summed E-state index contributed by atoms with van der Waals surface area (Å²) < 4.78 is 0. The van der Waals surface area contributed by atoms with E-state index in [2.05, 4.69) is 71.4 Å². The predicted molar refractivity (Wildman–Crippen MR) is 104 cm³/mol. The molecule has 0 spiro atoms. The van der Waals surface area contributed by atoms with Gasteiger partial charge in [-0.3, -0.25) is 9.89 Å². The van der Waals surface area contributed by atoms with Gasteiger partial charge in [-0.25, -0.2) is 0 Å². The standard InChI is InChI=1S/C21H25N3.H2O/c1-23-11-13-24(14-12-23)16-19-15-18-9-5-6-10-20(18)21(22-19)17-7-3-2-4-8-17;/h2-10,19H,11-16H2,1H3;1H2. The Kier molecular flexibility index (Phi) is 5.63. The number of rotatable bonds is 3. The molecule has 132 valence electrons. The minimum Gasteiger partial charge on any atom is -0.412 e. The topological polar surface area (TPSA) is 50.3 Å². The first-order valence-electron chi connectivity index (χ1n) is 8.92. The average Bonchev–Trinajstić information content (AvgIpc) is 2.64. The Morgan fingerprint density at radius 3 is 2.36 bits per heavy atom. The molecule has 0 aromatic heterocycles. The number of likely N-dealkylation sites (N-methyl/N-ethyl adjacent to an activating group) is 1. The van der Waals surface area contributed by atoms with Crippen LogP contribution in [0.4, 0.5) is 0 Å². The van der Waals surface area contributed by atoms with Gasteiger partial charge in [0.25, 0.3) is 0 Å². The summed E-state index contributed by atoms with van der Waals surface area (Å²) in [4.78, 5) is 10.2. The second-order valence-corrected chi connectivity index (χ2v) is 6.96. The molecule has 2 heterocycles. The van der Waals surface area contributed by atoms with Gasteiger partial charge in [0.2, 0.25) is 0 Å². The van der Waals surface area contributed by atoms with Crippen molar-refractivity contribution in [1.29, 1.82) is 0 Å². The minimum atomic E-state index is 0. The molecule has 0 bridgehead atoms. The van der Waals surface area contributed by atoms with Gasteiger partial charge in [-0.15, -0.1) is 0 Å². The summed E-state index contributed by atoms with van der Waals surface area (Å²) in [6.07, 6.45) is 1.05. The summed E-state index contributed by atoms with van der Waals surface area (Å²) in [6, 6.07) is 19.7. The van der Waals surface area contributed by atoms with Gasteiger partial charge < -0.3 is 10.4 Å². The first-order chi connectivity index (χ1) is 11.8. The quantitative estimate of drug-likeness (QED) is 0.858. The molecule has 1 saturated heterocycles. The maximum Gasteiger partial charge on any atom is 0.0725 e. The smallest absolute Gasteiger partial charge is 0.0725 e. The lowest BCUT2D eigenvalue weighted by Gasteiger charge is -2.35. The summed E-state index contributed by atoms with van der Waals surface area (Å²) in [5.41, 5.74) is 5.13. The van der Waals surface area contributed by atoms with Crippen molar-refractivity contribution in [2.75, 3.05) is 39.8 Å². The molecule has 1 fully saturated rings. The number of fused-ring (bicyclic) bond motifs is 1. The zero-order chi connectivity index (χ0) is 16.4. The van der Waals surface area contributed by atoms with Gasteiger partial charge >= 0.3 is 0 Å². The van der Waals surface area contributed by atoms with E-state index in [1.165, 1.54) is 29.8 Å². The van der Waals surface area contributed by atoms with Crippen LogP contribution in [-0.2, 0) is 6.42 Å². The van der Waals surface area contributed by atoms with Gasteiger partial charge in [-0.05, 0) is 19.0 Å². The van der Waals surface area contributed by atoms with Crippen molar-refractivity contribution in [2.24, 2.45) is 4.99 Å². The van der Waals surface area contributed by atoms with E-state index in [9.17, 15) is 0 Å². The number of nitrogens with zero attached hydrogens (tertiary/aromatic N) is 3. The molecule has 1 atom stereocenters. The normalized spacial score (nSPS) is 21.2. The van der Waals surface area contributed by atoms with Gasteiger partial charge in [0.15, 0.2) is 0 Å². The lowest BCUT2D eigenvalue weighted by atomic mass is 9.90. The maximum absolute atomic E-state index is 5.17. The van der Waals surface area contributed by atoms with Gasteiger partial charge in [-0.1, -0.05) is 54.6 Å². The SMILES string of the molecule is CN1CCN(CC2Cc3ccccc3C(c3ccccc3)=N2)CC1.O. The first kappa shape index (κ1) is 17.8. The third kappa shape index (κ3) is 3.98. The second kappa shape index (κ2) is 7.91. The van der Waals surface area contributed by atoms with E-state index in [0.29, 0.717) is 6.04 Å². The Morgan fingerprint density at radius 2 is 1.60 bits per heavy atom. The molecule has 0 saturated carbocycles. The second-order valence-electron chi connectivity index (χ2n) is 6.96. The van der Waals surface area contributed by atoms with Crippen molar-refractivity contribution < 1.29 is 5.48 Å². The average molecular weight is 337 g/mol. The minimum absolute atomic E-state index is 0. The highest BCUT2D eigenvalue weighted by atomic mass is 16.0. The molecule has 1 unspecified atom stereocenters. The number of benzene rings is 2. The molecule has 0 radical (unpaired) electrons. The fourth-order valence-electron chi connectivity index (χ4n) is 3.74. The molecule has 0 aliphatic carbocycles. The van der Waals surface area contributed by atoms with Crippen LogP contribution in [0.2, 0.25) is 0 Å². The highest BCUT2D eigenvalue weighted by Crippen LogP contribution is 2.24. The molecule has 0 amide bonds. The summed E-state index contributed by atoms with van der Waals surface area (Å²) in [7, 11) is 2.21. The van der Waals surface area contributed by atoms with Crippen molar-refractivity contribution in [3.05, 3.63) is 71.3 Å². The Labute approximate surface area is 150 Å². The maximum atomic E-state index is 5.17. The van der Waals surface area contributed by atoms with Gasteiger partial charge in [0.1, 0.15) is 0 Å². The van der Waals surface area contributed by atoms with E-state index in [0.717, 1.165) is 31.8 Å². The van der Waals surface area contributed by atoms with Crippen molar-refractivity contribution in [3.8, 4) is 0 Å². The molecular weight excluding hydrogens is 310 g/mol. The van der Waals surface area contributed by atoms with Crippen LogP contribution in [0, 0.1) is 0 Å². The van der Waals surface area contributed by atoms with Crippen LogP contribution in [0.5, 0.6) is 0 Å². The molecule has 2 aromatic rings. The Hall–Kier alpha value is -2.01. The van der Waals surface area contributed by atoms with E-state index in [1.807, 2.05) is 0 Å². The van der Waals surface area contributed by atoms with Gasteiger partial charge in [0.05, 0.1) is 11.8 Å². The molecule has 2 N–H and O–H groups in total. The monoisotopic (exact) mass is 337 g/mol. The fourth-order valence-corrected chi connectivity index (χ4v) is 3.74.